The van der Waals surface area contributed by atoms with E-state index in [1.54, 1.807) is 18.2 Å². The van der Waals surface area contributed by atoms with Crippen molar-refractivity contribution in [1.82, 2.24) is 0 Å². The third-order valence-corrected chi connectivity index (χ3v) is 2.51. The van der Waals surface area contributed by atoms with Gasteiger partial charge in [-0.25, -0.2) is 0 Å². The summed E-state index contributed by atoms with van der Waals surface area (Å²) in [4.78, 5) is 33.5. The molecule has 0 aliphatic rings. The molecule has 0 aliphatic heterocycles. The van der Waals surface area contributed by atoms with Crippen LogP contribution in [0.5, 0.6) is 0 Å². The Hall–Kier alpha value is -2.37. The van der Waals surface area contributed by atoms with E-state index in [9.17, 15) is 14.4 Å². The number of carboxylic acids is 1. The van der Waals surface area contributed by atoms with Gasteiger partial charge in [-0.05, 0) is 31.5 Å². The van der Waals surface area contributed by atoms with Crippen LogP contribution in [0.3, 0.4) is 0 Å². The number of rotatable bonds is 4. The minimum absolute atomic E-state index is 0.273. The lowest BCUT2D eigenvalue weighted by atomic mass is 10.1. The van der Waals surface area contributed by atoms with Crippen molar-refractivity contribution in [1.29, 1.82) is 0 Å². The smallest absolute Gasteiger partial charge is 0.315 e. The molecule has 0 heterocycles. The highest BCUT2D eigenvalue weighted by Gasteiger charge is 2.21. The molecule has 1 rings (SSSR count). The first-order valence-corrected chi connectivity index (χ1v) is 5.73. The Kier molecular flexibility index (Phi) is 4.63. The molecule has 0 aliphatic carbocycles. The van der Waals surface area contributed by atoms with Crippen LogP contribution in [0.1, 0.15) is 19.4 Å². The van der Waals surface area contributed by atoms with E-state index in [2.05, 4.69) is 10.6 Å². The summed E-state index contributed by atoms with van der Waals surface area (Å²) in [5, 5.41) is 13.8. The predicted molar refractivity (Wildman–Crippen MR) is 70.9 cm³/mol. The molecule has 1 aromatic carbocycles. The van der Waals surface area contributed by atoms with Gasteiger partial charge in [0.15, 0.2) is 0 Å². The Labute approximate surface area is 110 Å². The zero-order valence-corrected chi connectivity index (χ0v) is 11.0. The summed E-state index contributed by atoms with van der Waals surface area (Å²) < 4.78 is 0. The van der Waals surface area contributed by atoms with Crippen molar-refractivity contribution in [3.63, 3.8) is 0 Å². The van der Waals surface area contributed by atoms with Crippen molar-refractivity contribution in [2.24, 2.45) is 5.92 Å². The quantitative estimate of drug-likeness (QED) is 0.720. The number of carboxylic acid groups (broad SMARTS) is 1. The Morgan fingerprint density at radius 2 is 1.79 bits per heavy atom. The number of aryl methyl sites for hydroxylation is 1. The molecular weight excluding hydrogens is 248 g/mol. The molecule has 1 aromatic rings. The molecule has 0 saturated heterocycles. The number of benzene rings is 1. The van der Waals surface area contributed by atoms with Crippen molar-refractivity contribution >= 4 is 29.2 Å². The first kappa shape index (κ1) is 14.7. The second-order valence-electron chi connectivity index (χ2n) is 4.28. The van der Waals surface area contributed by atoms with Gasteiger partial charge in [0, 0.05) is 6.92 Å². The Morgan fingerprint density at radius 1 is 1.16 bits per heavy atom. The molecule has 6 nitrogen and oxygen atoms in total. The molecule has 0 saturated carbocycles. The fourth-order valence-electron chi connectivity index (χ4n) is 1.41. The van der Waals surface area contributed by atoms with E-state index >= 15 is 0 Å². The lowest BCUT2D eigenvalue weighted by Crippen LogP contribution is -2.27. The Morgan fingerprint density at radius 3 is 2.32 bits per heavy atom. The molecule has 1 unspecified atom stereocenters. The summed E-state index contributed by atoms with van der Waals surface area (Å²) in [5.41, 5.74) is 1.70. The van der Waals surface area contributed by atoms with Crippen molar-refractivity contribution in [3.05, 3.63) is 23.8 Å². The number of hydrogen-bond acceptors (Lipinski definition) is 3. The van der Waals surface area contributed by atoms with Gasteiger partial charge >= 0.3 is 5.97 Å². The predicted octanol–water partition coefficient (Wildman–Crippen LogP) is 1.61. The normalized spacial score (nSPS) is 11.5. The molecule has 0 bridgehead atoms. The van der Waals surface area contributed by atoms with Crippen molar-refractivity contribution in [3.8, 4) is 0 Å². The number of nitrogens with one attached hydrogen (secondary N) is 2. The van der Waals surface area contributed by atoms with Crippen LogP contribution in [-0.4, -0.2) is 22.9 Å². The lowest BCUT2D eigenvalue weighted by Gasteiger charge is -2.13. The van der Waals surface area contributed by atoms with Gasteiger partial charge in [0.1, 0.15) is 5.92 Å². The van der Waals surface area contributed by atoms with E-state index in [1.807, 2.05) is 6.92 Å². The van der Waals surface area contributed by atoms with Gasteiger partial charge in [0.2, 0.25) is 11.8 Å². The van der Waals surface area contributed by atoms with Crippen LogP contribution in [0.2, 0.25) is 0 Å². The van der Waals surface area contributed by atoms with Crippen molar-refractivity contribution in [2.45, 2.75) is 20.8 Å². The average molecular weight is 264 g/mol. The molecule has 102 valence electrons. The lowest BCUT2D eigenvalue weighted by molar-refractivity contribution is -0.144. The van der Waals surface area contributed by atoms with Gasteiger partial charge in [-0.3, -0.25) is 14.4 Å². The third kappa shape index (κ3) is 4.09. The number of carbonyl (C=O) groups excluding carboxylic acids is 2. The van der Waals surface area contributed by atoms with E-state index in [0.717, 1.165) is 5.56 Å². The number of anilines is 2. The van der Waals surface area contributed by atoms with Gasteiger partial charge in [-0.2, -0.15) is 0 Å². The highest BCUT2D eigenvalue weighted by molar-refractivity contribution is 6.06. The van der Waals surface area contributed by atoms with Gasteiger partial charge in [0.25, 0.3) is 0 Å². The summed E-state index contributed by atoms with van der Waals surface area (Å²) in [7, 11) is 0. The fourth-order valence-corrected chi connectivity index (χ4v) is 1.41. The van der Waals surface area contributed by atoms with Gasteiger partial charge in [-0.1, -0.05) is 6.07 Å². The summed E-state index contributed by atoms with van der Waals surface area (Å²) >= 11 is 0. The maximum atomic E-state index is 11.7. The highest BCUT2D eigenvalue weighted by Crippen LogP contribution is 2.23. The average Bonchev–Trinajstić information content (AvgIpc) is 2.31. The molecule has 0 aromatic heterocycles. The van der Waals surface area contributed by atoms with Gasteiger partial charge < -0.3 is 15.7 Å². The van der Waals surface area contributed by atoms with Crippen LogP contribution in [0.4, 0.5) is 11.4 Å². The van der Waals surface area contributed by atoms with Crippen LogP contribution in [0.25, 0.3) is 0 Å². The zero-order valence-electron chi connectivity index (χ0n) is 11.0. The first-order valence-electron chi connectivity index (χ1n) is 5.73. The maximum Gasteiger partial charge on any atom is 0.315 e. The Balaban J connectivity index is 2.98. The SMILES string of the molecule is CC(=O)Nc1ccc(C)cc1NC(=O)C(C)C(=O)O. The van der Waals surface area contributed by atoms with E-state index in [1.165, 1.54) is 13.8 Å². The molecular formula is C13H16N2O4. The number of carbonyl (C=O) groups is 3. The third-order valence-electron chi connectivity index (χ3n) is 2.51. The fraction of sp³-hybridized carbons (Fsp3) is 0.308. The van der Waals surface area contributed by atoms with Crippen LogP contribution in [0.15, 0.2) is 18.2 Å². The van der Waals surface area contributed by atoms with Crippen LogP contribution in [0, 0.1) is 12.8 Å². The van der Waals surface area contributed by atoms with E-state index < -0.39 is 17.8 Å². The van der Waals surface area contributed by atoms with Crippen LogP contribution >= 0.6 is 0 Å². The molecule has 6 heteroatoms. The van der Waals surface area contributed by atoms with Crippen molar-refractivity contribution < 1.29 is 19.5 Å². The van der Waals surface area contributed by atoms with Crippen molar-refractivity contribution in [2.75, 3.05) is 10.6 Å². The summed E-state index contributed by atoms with van der Waals surface area (Å²) in [5.74, 6) is -3.27. The molecule has 1 atom stereocenters. The minimum atomic E-state index is -1.20. The molecule has 3 N–H and O–H groups in total. The molecule has 0 fully saturated rings. The molecule has 0 spiro atoms. The zero-order chi connectivity index (χ0) is 14.6. The number of hydrogen-bond donors (Lipinski definition) is 3. The first-order chi connectivity index (χ1) is 8.81. The monoisotopic (exact) mass is 264 g/mol. The van der Waals surface area contributed by atoms with Crippen LogP contribution in [-0.2, 0) is 14.4 Å². The summed E-state index contributed by atoms with van der Waals surface area (Å²) in [6.45, 7) is 4.48. The standard InChI is InChI=1S/C13H16N2O4/c1-7-4-5-10(14-9(3)16)11(6-7)15-12(17)8(2)13(18)19/h4-6,8H,1-3H3,(H,14,16)(H,15,17)(H,18,19). The maximum absolute atomic E-state index is 11.7. The van der Waals surface area contributed by atoms with Gasteiger partial charge in [-0.15, -0.1) is 0 Å². The largest absolute Gasteiger partial charge is 0.481 e. The van der Waals surface area contributed by atoms with Gasteiger partial charge in [0.05, 0.1) is 11.4 Å². The highest BCUT2D eigenvalue weighted by atomic mass is 16.4. The minimum Gasteiger partial charge on any atom is -0.481 e. The van der Waals surface area contributed by atoms with Crippen LogP contribution < -0.4 is 10.6 Å². The topological polar surface area (TPSA) is 95.5 Å². The second-order valence-corrected chi connectivity index (χ2v) is 4.28. The van der Waals surface area contributed by atoms with E-state index in [4.69, 9.17) is 5.11 Å². The molecule has 0 radical (unpaired) electrons. The van der Waals surface area contributed by atoms with E-state index in [0.29, 0.717) is 11.4 Å². The number of amides is 2. The molecule has 2 amide bonds. The second kappa shape index (κ2) is 5.99. The Bertz CT molecular complexity index is 525. The summed E-state index contributed by atoms with van der Waals surface area (Å²) in [6.07, 6.45) is 0. The van der Waals surface area contributed by atoms with E-state index in [-0.39, 0.29) is 5.91 Å². The summed E-state index contributed by atoms with van der Waals surface area (Å²) in [6, 6.07) is 5.09. The number of aliphatic carboxylic acids is 1. The molecule has 19 heavy (non-hydrogen) atoms.